The van der Waals surface area contributed by atoms with Crippen molar-refractivity contribution in [3.63, 3.8) is 0 Å². The Morgan fingerprint density at radius 3 is 2.50 bits per heavy atom. The minimum atomic E-state index is -3.48. The lowest BCUT2D eigenvalue weighted by atomic mass is 10.3. The highest BCUT2D eigenvalue weighted by Crippen LogP contribution is 2.19. The molecule has 0 bridgehead atoms. The summed E-state index contributed by atoms with van der Waals surface area (Å²) in [6.45, 7) is 7.15. The fourth-order valence-electron chi connectivity index (χ4n) is 1.74. The molecule has 0 aliphatic carbocycles. The second kappa shape index (κ2) is 8.04. The maximum Gasteiger partial charge on any atom is 0.243 e. The lowest BCUT2D eigenvalue weighted by molar-refractivity contribution is 0.328. The van der Waals surface area contributed by atoms with E-state index in [1.807, 2.05) is 6.92 Å². The molecule has 6 heteroatoms. The second-order valence-corrected chi connectivity index (χ2v) is 6.20. The highest BCUT2D eigenvalue weighted by atomic mass is 32.2. The lowest BCUT2D eigenvalue weighted by Crippen LogP contribution is -2.31. The van der Waals surface area contributed by atoms with Crippen LogP contribution in [0.1, 0.15) is 13.3 Å². The van der Waals surface area contributed by atoms with Crippen LogP contribution in [-0.2, 0) is 10.0 Å². The summed E-state index contributed by atoms with van der Waals surface area (Å²) in [6, 6.07) is 6.38. The molecule has 1 aromatic carbocycles. The van der Waals surface area contributed by atoms with Gasteiger partial charge >= 0.3 is 0 Å². The zero-order valence-electron chi connectivity index (χ0n) is 11.8. The smallest absolute Gasteiger partial charge is 0.243 e. The zero-order chi connectivity index (χ0) is 15.0. The second-order valence-electron chi connectivity index (χ2n) is 4.26. The van der Waals surface area contributed by atoms with E-state index in [9.17, 15) is 8.42 Å². The third-order valence-corrected chi connectivity index (χ3v) is 4.53. The number of nitrogens with two attached hydrogens (primary N) is 1. The van der Waals surface area contributed by atoms with Crippen molar-refractivity contribution in [2.75, 3.05) is 26.2 Å². The van der Waals surface area contributed by atoms with Crippen LogP contribution in [0.2, 0.25) is 0 Å². The average molecular weight is 298 g/mol. The van der Waals surface area contributed by atoms with Crippen molar-refractivity contribution < 1.29 is 13.2 Å². The molecule has 20 heavy (non-hydrogen) atoms. The van der Waals surface area contributed by atoms with E-state index >= 15 is 0 Å². The lowest BCUT2D eigenvalue weighted by Gasteiger charge is -2.20. The molecule has 112 valence electrons. The fraction of sp³-hybridized carbons (Fsp3) is 0.429. The Morgan fingerprint density at radius 1 is 1.35 bits per heavy atom. The molecule has 0 saturated heterocycles. The van der Waals surface area contributed by atoms with Crippen LogP contribution >= 0.6 is 0 Å². The van der Waals surface area contributed by atoms with Crippen LogP contribution < -0.4 is 10.5 Å². The topological polar surface area (TPSA) is 72.6 Å². The minimum absolute atomic E-state index is 0.257. The van der Waals surface area contributed by atoms with E-state index in [1.54, 1.807) is 30.3 Å². The molecule has 0 spiro atoms. The number of hydrogen-bond acceptors (Lipinski definition) is 4. The molecule has 0 aromatic heterocycles. The molecule has 0 radical (unpaired) electrons. The SMILES string of the molecule is C=CCN(CCC)S(=O)(=O)c1ccc(OCCN)cc1. The van der Waals surface area contributed by atoms with Gasteiger partial charge in [-0.3, -0.25) is 0 Å². The highest BCUT2D eigenvalue weighted by molar-refractivity contribution is 7.89. The van der Waals surface area contributed by atoms with E-state index in [2.05, 4.69) is 6.58 Å². The predicted octanol–water partition coefficient (Wildman–Crippen LogP) is 1.61. The van der Waals surface area contributed by atoms with Crippen molar-refractivity contribution >= 4 is 10.0 Å². The quantitative estimate of drug-likeness (QED) is 0.703. The summed E-state index contributed by atoms with van der Waals surface area (Å²) >= 11 is 0. The Balaban J connectivity index is 2.93. The fourth-order valence-corrected chi connectivity index (χ4v) is 3.24. The maximum atomic E-state index is 12.5. The van der Waals surface area contributed by atoms with E-state index in [1.165, 1.54) is 4.31 Å². The molecule has 5 nitrogen and oxygen atoms in total. The van der Waals surface area contributed by atoms with Crippen LogP contribution in [0.25, 0.3) is 0 Å². The molecule has 0 unspecified atom stereocenters. The van der Waals surface area contributed by atoms with Crippen molar-refractivity contribution in [2.45, 2.75) is 18.2 Å². The summed E-state index contributed by atoms with van der Waals surface area (Å²) < 4.78 is 31.7. The minimum Gasteiger partial charge on any atom is -0.492 e. The molecule has 0 fully saturated rings. The zero-order valence-corrected chi connectivity index (χ0v) is 12.6. The molecule has 0 atom stereocenters. The van der Waals surface area contributed by atoms with Gasteiger partial charge in [0.05, 0.1) is 4.90 Å². The van der Waals surface area contributed by atoms with E-state index < -0.39 is 10.0 Å². The van der Waals surface area contributed by atoms with Crippen molar-refractivity contribution in [3.05, 3.63) is 36.9 Å². The van der Waals surface area contributed by atoms with Gasteiger partial charge in [-0.15, -0.1) is 6.58 Å². The normalized spacial score (nSPS) is 11.6. The molecule has 0 heterocycles. The van der Waals surface area contributed by atoms with Gasteiger partial charge in [0, 0.05) is 19.6 Å². The molecule has 0 amide bonds. The Hall–Kier alpha value is -1.37. The highest BCUT2D eigenvalue weighted by Gasteiger charge is 2.22. The van der Waals surface area contributed by atoms with E-state index in [0.717, 1.165) is 6.42 Å². The van der Waals surface area contributed by atoms with Gasteiger partial charge in [0.2, 0.25) is 10.0 Å². The molecule has 0 aliphatic rings. The van der Waals surface area contributed by atoms with Gasteiger partial charge < -0.3 is 10.5 Å². The van der Waals surface area contributed by atoms with E-state index in [0.29, 0.717) is 32.0 Å². The molecular formula is C14H22N2O3S. The van der Waals surface area contributed by atoms with Gasteiger partial charge in [-0.25, -0.2) is 8.42 Å². The maximum absolute atomic E-state index is 12.5. The number of rotatable bonds is 9. The number of nitrogens with zero attached hydrogens (tertiary/aromatic N) is 1. The van der Waals surface area contributed by atoms with Gasteiger partial charge in [0.25, 0.3) is 0 Å². The third kappa shape index (κ3) is 4.33. The van der Waals surface area contributed by atoms with Crippen LogP contribution in [0.15, 0.2) is 41.8 Å². The van der Waals surface area contributed by atoms with Crippen molar-refractivity contribution in [1.29, 1.82) is 0 Å². The van der Waals surface area contributed by atoms with E-state index in [-0.39, 0.29) is 4.90 Å². The van der Waals surface area contributed by atoms with E-state index in [4.69, 9.17) is 10.5 Å². The molecule has 0 saturated carbocycles. The molecule has 1 rings (SSSR count). The molecule has 1 aromatic rings. The molecular weight excluding hydrogens is 276 g/mol. The Labute approximate surface area is 121 Å². The summed E-state index contributed by atoms with van der Waals surface area (Å²) in [5.41, 5.74) is 5.34. The summed E-state index contributed by atoms with van der Waals surface area (Å²) in [7, 11) is -3.48. The number of ether oxygens (including phenoxy) is 1. The van der Waals surface area contributed by atoms with Gasteiger partial charge in [0.15, 0.2) is 0 Å². The van der Waals surface area contributed by atoms with Gasteiger partial charge in [-0.05, 0) is 30.7 Å². The largest absolute Gasteiger partial charge is 0.492 e. The number of benzene rings is 1. The average Bonchev–Trinajstić information content (AvgIpc) is 2.45. The Kier molecular flexibility index (Phi) is 6.70. The standard InChI is InChI=1S/C14H22N2O3S/c1-3-10-16(11-4-2)20(17,18)14-7-5-13(6-8-14)19-12-9-15/h3,5-8H,1,4,9-12,15H2,2H3. The first-order chi connectivity index (χ1) is 9.56. The number of hydrogen-bond donors (Lipinski definition) is 1. The van der Waals surface area contributed by atoms with Crippen molar-refractivity contribution in [1.82, 2.24) is 4.31 Å². The summed E-state index contributed by atoms with van der Waals surface area (Å²) in [6.07, 6.45) is 2.34. The third-order valence-electron chi connectivity index (χ3n) is 2.65. The monoisotopic (exact) mass is 298 g/mol. The van der Waals surface area contributed by atoms with Crippen molar-refractivity contribution in [2.24, 2.45) is 5.73 Å². The van der Waals surface area contributed by atoms with Gasteiger partial charge in [0.1, 0.15) is 12.4 Å². The predicted molar refractivity (Wildman–Crippen MR) is 80.2 cm³/mol. The molecule has 0 aliphatic heterocycles. The van der Waals surface area contributed by atoms with Crippen LogP contribution in [0.3, 0.4) is 0 Å². The first kappa shape index (κ1) is 16.7. The first-order valence-electron chi connectivity index (χ1n) is 6.60. The first-order valence-corrected chi connectivity index (χ1v) is 8.04. The summed E-state index contributed by atoms with van der Waals surface area (Å²) in [5, 5.41) is 0. The summed E-state index contributed by atoms with van der Waals surface area (Å²) in [5.74, 6) is 0.611. The van der Waals surface area contributed by atoms with Gasteiger partial charge in [-0.1, -0.05) is 13.0 Å². The van der Waals surface area contributed by atoms with Crippen LogP contribution in [-0.4, -0.2) is 39.0 Å². The van der Waals surface area contributed by atoms with Crippen LogP contribution in [0.4, 0.5) is 0 Å². The van der Waals surface area contributed by atoms with Crippen LogP contribution in [0.5, 0.6) is 5.75 Å². The van der Waals surface area contributed by atoms with Crippen molar-refractivity contribution in [3.8, 4) is 5.75 Å². The summed E-state index contributed by atoms with van der Waals surface area (Å²) in [4.78, 5) is 0.257. The molecule has 2 N–H and O–H groups in total. The van der Waals surface area contributed by atoms with Crippen LogP contribution in [0, 0.1) is 0 Å². The van der Waals surface area contributed by atoms with Gasteiger partial charge in [-0.2, -0.15) is 4.31 Å². The Bertz CT molecular complexity index is 512. The number of sulfonamides is 1. The Morgan fingerprint density at radius 2 is 2.00 bits per heavy atom.